The van der Waals surface area contributed by atoms with Crippen molar-refractivity contribution in [2.75, 3.05) is 19.8 Å². The third-order valence-corrected chi connectivity index (χ3v) is 7.19. The molecule has 0 aromatic rings. The third kappa shape index (κ3) is 12.5. The number of esters is 1. The van der Waals surface area contributed by atoms with Crippen LogP contribution < -0.4 is 0 Å². The average molecular weight is 483 g/mol. The van der Waals surface area contributed by atoms with Crippen LogP contribution >= 0.6 is 0 Å². The highest BCUT2D eigenvalue weighted by molar-refractivity contribution is 6.02. The van der Waals surface area contributed by atoms with Crippen molar-refractivity contribution in [1.82, 2.24) is 0 Å². The van der Waals surface area contributed by atoms with Crippen LogP contribution in [0.5, 0.6) is 0 Å². The van der Waals surface area contributed by atoms with Crippen molar-refractivity contribution in [3.05, 3.63) is 12.7 Å². The Hall–Kier alpha value is -1.24. The van der Waals surface area contributed by atoms with E-state index < -0.39 is 12.1 Å². The van der Waals surface area contributed by atoms with Gasteiger partial charge in [0, 0.05) is 6.42 Å². The summed E-state index contributed by atoms with van der Waals surface area (Å²) in [6, 6.07) is 0. The summed E-state index contributed by atoms with van der Waals surface area (Å²) in [4.78, 5) is 24.4. The highest BCUT2D eigenvalue weighted by Gasteiger charge is 2.34. The van der Waals surface area contributed by atoms with Crippen molar-refractivity contribution in [2.45, 2.75) is 116 Å². The number of aliphatic hydroxyl groups excluding tert-OH is 2. The SMILES string of the molecule is C=CCCCCC(C)CCCC[C@H]1CC[C@H](O)[C@@H]1CCCCC(=O)C(OCCO)C(=O)OCC. The fourth-order valence-corrected chi connectivity index (χ4v) is 5.23. The van der Waals surface area contributed by atoms with E-state index in [4.69, 9.17) is 14.6 Å². The van der Waals surface area contributed by atoms with Crippen molar-refractivity contribution in [3.63, 3.8) is 0 Å². The first kappa shape index (κ1) is 30.8. The van der Waals surface area contributed by atoms with Crippen molar-refractivity contribution in [3.8, 4) is 0 Å². The number of ketones is 1. The fraction of sp³-hybridized carbons (Fsp3) is 0.857. The maximum Gasteiger partial charge on any atom is 0.343 e. The number of aliphatic hydroxyl groups is 2. The first-order valence-electron chi connectivity index (χ1n) is 13.6. The van der Waals surface area contributed by atoms with E-state index in [1.54, 1.807) is 6.92 Å². The van der Waals surface area contributed by atoms with Crippen LogP contribution in [0.25, 0.3) is 0 Å². The largest absolute Gasteiger partial charge is 0.464 e. The molecule has 6 nitrogen and oxygen atoms in total. The van der Waals surface area contributed by atoms with Crippen LogP contribution in [0.2, 0.25) is 0 Å². The number of carbonyl (C=O) groups excluding carboxylic acids is 2. The van der Waals surface area contributed by atoms with Crippen molar-refractivity contribution in [1.29, 1.82) is 0 Å². The van der Waals surface area contributed by atoms with Gasteiger partial charge in [0.05, 0.1) is 25.9 Å². The standard InChI is InChI=1S/C28H50O6/c1-4-6-7-8-13-22(3)14-9-10-15-23-18-19-25(30)24(23)16-11-12-17-26(31)27(34-21-20-29)28(32)33-5-2/h4,22-25,27,29-30H,1,5-21H2,2-3H3/t22?,23-,24+,25-,27?/m0/s1. The molecule has 1 rings (SSSR count). The number of rotatable bonds is 21. The molecule has 0 bridgehead atoms. The minimum atomic E-state index is -1.25. The van der Waals surface area contributed by atoms with E-state index in [9.17, 15) is 14.7 Å². The maximum absolute atomic E-state index is 12.5. The van der Waals surface area contributed by atoms with Gasteiger partial charge in [-0.25, -0.2) is 4.79 Å². The molecule has 0 aliphatic heterocycles. The average Bonchev–Trinajstić information content (AvgIpc) is 3.16. The summed E-state index contributed by atoms with van der Waals surface area (Å²) in [5, 5.41) is 19.4. The van der Waals surface area contributed by atoms with Crippen LogP contribution in [0, 0.1) is 17.8 Å². The molecule has 0 amide bonds. The Labute approximate surface area is 207 Å². The number of ether oxygens (including phenoxy) is 2. The van der Waals surface area contributed by atoms with Crippen molar-refractivity contribution < 1.29 is 29.3 Å². The van der Waals surface area contributed by atoms with Crippen LogP contribution in [-0.4, -0.2) is 54.0 Å². The molecule has 0 heterocycles. The summed E-state index contributed by atoms with van der Waals surface area (Å²) in [5.41, 5.74) is 0. The lowest BCUT2D eigenvalue weighted by molar-refractivity contribution is -0.162. The predicted molar refractivity (Wildman–Crippen MR) is 135 cm³/mol. The molecule has 5 atom stereocenters. The van der Waals surface area contributed by atoms with Crippen molar-refractivity contribution >= 4 is 11.8 Å². The summed E-state index contributed by atoms with van der Waals surface area (Å²) in [7, 11) is 0. The van der Waals surface area contributed by atoms with Crippen LogP contribution in [0.3, 0.4) is 0 Å². The molecule has 2 N–H and O–H groups in total. The van der Waals surface area contributed by atoms with Gasteiger partial charge in [-0.2, -0.15) is 0 Å². The van der Waals surface area contributed by atoms with Gasteiger partial charge in [-0.1, -0.05) is 57.9 Å². The Kier molecular flexibility index (Phi) is 17.2. The van der Waals surface area contributed by atoms with E-state index in [0.29, 0.717) is 18.3 Å². The van der Waals surface area contributed by atoms with Gasteiger partial charge in [-0.15, -0.1) is 6.58 Å². The van der Waals surface area contributed by atoms with Gasteiger partial charge in [-0.05, 0) is 63.2 Å². The van der Waals surface area contributed by atoms with Crippen molar-refractivity contribution in [2.24, 2.45) is 17.8 Å². The number of unbranched alkanes of at least 4 members (excludes halogenated alkanes) is 4. The molecule has 0 aromatic heterocycles. The zero-order valence-corrected chi connectivity index (χ0v) is 21.7. The van der Waals surface area contributed by atoms with Gasteiger partial charge in [0.25, 0.3) is 0 Å². The lowest BCUT2D eigenvalue weighted by atomic mass is 9.85. The summed E-state index contributed by atoms with van der Waals surface area (Å²) in [6.45, 7) is 7.69. The molecule has 1 aliphatic rings. The molecule has 1 fully saturated rings. The van der Waals surface area contributed by atoms with Gasteiger partial charge >= 0.3 is 5.97 Å². The zero-order chi connectivity index (χ0) is 25.2. The maximum atomic E-state index is 12.5. The van der Waals surface area contributed by atoms with Crippen LogP contribution in [0.4, 0.5) is 0 Å². The molecule has 2 unspecified atom stereocenters. The summed E-state index contributed by atoms with van der Waals surface area (Å²) in [6.07, 6.45) is 15.1. The van der Waals surface area contributed by atoms with E-state index in [0.717, 1.165) is 38.0 Å². The first-order chi connectivity index (χ1) is 16.4. The molecule has 0 saturated heterocycles. The second-order valence-corrected chi connectivity index (χ2v) is 9.97. The fourth-order valence-electron chi connectivity index (χ4n) is 5.23. The Balaban J connectivity index is 2.30. The van der Waals surface area contributed by atoms with E-state index in [2.05, 4.69) is 13.5 Å². The van der Waals surface area contributed by atoms with E-state index in [1.807, 2.05) is 6.08 Å². The summed E-state index contributed by atoms with van der Waals surface area (Å²) >= 11 is 0. The summed E-state index contributed by atoms with van der Waals surface area (Å²) in [5.74, 6) is 0.700. The predicted octanol–water partition coefficient (Wildman–Crippen LogP) is 5.39. The smallest absolute Gasteiger partial charge is 0.343 e. The lowest BCUT2D eigenvalue weighted by Crippen LogP contribution is -2.35. The van der Waals surface area contributed by atoms with E-state index >= 15 is 0 Å². The van der Waals surface area contributed by atoms with Gasteiger partial charge in [0.1, 0.15) is 0 Å². The Morgan fingerprint density at radius 3 is 2.44 bits per heavy atom. The second-order valence-electron chi connectivity index (χ2n) is 9.97. The minimum Gasteiger partial charge on any atom is -0.464 e. The molecule has 198 valence electrons. The van der Waals surface area contributed by atoms with Crippen LogP contribution in [-0.2, 0) is 19.1 Å². The third-order valence-electron chi connectivity index (χ3n) is 7.19. The quantitative estimate of drug-likeness (QED) is 0.0986. The molecule has 0 aromatic carbocycles. The Bertz CT molecular complexity index is 563. The number of allylic oxidation sites excluding steroid dienone is 1. The Morgan fingerprint density at radius 2 is 1.76 bits per heavy atom. The number of hydrogen-bond acceptors (Lipinski definition) is 6. The topological polar surface area (TPSA) is 93.1 Å². The first-order valence-corrected chi connectivity index (χ1v) is 13.6. The molecular weight excluding hydrogens is 432 g/mol. The molecule has 0 spiro atoms. The molecule has 1 saturated carbocycles. The van der Waals surface area contributed by atoms with Gasteiger partial charge in [-0.3, -0.25) is 4.79 Å². The van der Waals surface area contributed by atoms with Crippen LogP contribution in [0.15, 0.2) is 12.7 Å². The Morgan fingerprint density at radius 1 is 1.06 bits per heavy atom. The second kappa shape index (κ2) is 19.0. The normalized spacial score (nSPS) is 21.8. The lowest BCUT2D eigenvalue weighted by Gasteiger charge is -2.22. The van der Waals surface area contributed by atoms with E-state index in [-0.39, 0.29) is 38.1 Å². The molecule has 0 radical (unpaired) electrons. The number of Topliss-reactive ketones (excluding diaryl/α,β-unsaturated/α-hetero) is 1. The van der Waals surface area contributed by atoms with Gasteiger partial charge in [0.2, 0.25) is 6.10 Å². The van der Waals surface area contributed by atoms with Gasteiger partial charge in [0.15, 0.2) is 5.78 Å². The monoisotopic (exact) mass is 482 g/mol. The highest BCUT2D eigenvalue weighted by atomic mass is 16.6. The highest BCUT2D eigenvalue weighted by Crippen LogP contribution is 2.39. The number of hydrogen-bond donors (Lipinski definition) is 2. The molecule has 6 heteroatoms. The van der Waals surface area contributed by atoms with Gasteiger partial charge < -0.3 is 19.7 Å². The molecular formula is C28H50O6. The van der Waals surface area contributed by atoms with E-state index in [1.165, 1.54) is 44.9 Å². The zero-order valence-electron chi connectivity index (χ0n) is 21.7. The minimum absolute atomic E-state index is 0.0702. The summed E-state index contributed by atoms with van der Waals surface area (Å²) < 4.78 is 10.1. The molecule has 34 heavy (non-hydrogen) atoms. The number of carbonyl (C=O) groups is 2. The van der Waals surface area contributed by atoms with Crippen LogP contribution in [0.1, 0.15) is 104 Å². The molecule has 1 aliphatic carbocycles.